The van der Waals surface area contributed by atoms with Crippen LogP contribution in [0.15, 0.2) is 78.9 Å². The van der Waals surface area contributed by atoms with Crippen molar-refractivity contribution in [3.8, 4) is 0 Å². The summed E-state index contributed by atoms with van der Waals surface area (Å²) in [5.41, 5.74) is 8.04. The number of amides is 1. The molecule has 0 aliphatic rings. The number of nitrogens with zero attached hydrogens (tertiary/aromatic N) is 1. The highest BCUT2D eigenvalue weighted by molar-refractivity contribution is 5.95. The normalized spacial score (nSPS) is 11.4. The van der Waals surface area contributed by atoms with Gasteiger partial charge in [-0.05, 0) is 60.7 Å². The topological polar surface area (TPSA) is 46.3 Å². The number of hydrogen-bond donors (Lipinski definition) is 1. The van der Waals surface area contributed by atoms with Gasteiger partial charge in [0.25, 0.3) is 5.91 Å². The maximum atomic E-state index is 13.4. The van der Waals surface area contributed by atoms with Gasteiger partial charge in [-0.3, -0.25) is 4.79 Å². The van der Waals surface area contributed by atoms with E-state index in [1.807, 2.05) is 48.5 Å². The Balaban J connectivity index is 1.82. The number of halogens is 3. The fourth-order valence-corrected chi connectivity index (χ4v) is 3.64. The van der Waals surface area contributed by atoms with Crippen LogP contribution < -0.4 is 5.73 Å². The van der Waals surface area contributed by atoms with Crippen LogP contribution in [0.2, 0.25) is 0 Å². The summed E-state index contributed by atoms with van der Waals surface area (Å²) in [4.78, 5) is 15.0. The Kier molecular flexibility index (Phi) is 8.06. The molecule has 168 valence electrons. The first kappa shape index (κ1) is 23.5. The van der Waals surface area contributed by atoms with Crippen LogP contribution in [0.4, 0.5) is 13.2 Å². The van der Waals surface area contributed by atoms with Gasteiger partial charge in [-0.1, -0.05) is 60.7 Å². The molecule has 2 N–H and O–H groups in total. The van der Waals surface area contributed by atoms with Crippen LogP contribution in [-0.2, 0) is 25.6 Å². The van der Waals surface area contributed by atoms with Gasteiger partial charge in [-0.2, -0.15) is 13.2 Å². The van der Waals surface area contributed by atoms with E-state index < -0.39 is 11.7 Å². The molecular weight excluding hydrogens is 413 g/mol. The van der Waals surface area contributed by atoms with Crippen molar-refractivity contribution in [1.82, 2.24) is 4.90 Å². The van der Waals surface area contributed by atoms with Crippen molar-refractivity contribution >= 4 is 5.91 Å². The summed E-state index contributed by atoms with van der Waals surface area (Å²) in [6.07, 6.45) is -2.37. The van der Waals surface area contributed by atoms with Gasteiger partial charge in [0.2, 0.25) is 0 Å². The second-order valence-electron chi connectivity index (χ2n) is 7.71. The van der Waals surface area contributed by atoms with Gasteiger partial charge in [0.15, 0.2) is 0 Å². The van der Waals surface area contributed by atoms with Crippen molar-refractivity contribution in [3.05, 3.63) is 107 Å². The standard InChI is InChI=1S/C26H27F3N2O/c27-26(28,29)23-12-6-10-21(18-23)19-31(17-7-16-30)25(32)24-13-5-4-11-22(24)15-14-20-8-2-1-3-9-20/h1-6,8-13,18H,7,14-17,19,30H2. The number of alkyl halides is 3. The lowest BCUT2D eigenvalue weighted by atomic mass is 9.98. The minimum absolute atomic E-state index is 0.0930. The second kappa shape index (κ2) is 11.0. The van der Waals surface area contributed by atoms with Crippen LogP contribution in [0.3, 0.4) is 0 Å². The molecule has 0 aromatic heterocycles. The molecule has 0 spiro atoms. The third-order valence-corrected chi connectivity index (χ3v) is 5.32. The number of aryl methyl sites for hydroxylation is 2. The molecule has 1 amide bonds. The third kappa shape index (κ3) is 6.44. The first-order chi connectivity index (χ1) is 15.4. The largest absolute Gasteiger partial charge is 0.416 e. The molecule has 0 saturated heterocycles. The van der Waals surface area contributed by atoms with Crippen molar-refractivity contribution < 1.29 is 18.0 Å². The summed E-state index contributed by atoms with van der Waals surface area (Å²) in [6.45, 7) is 0.858. The molecule has 3 aromatic carbocycles. The predicted molar refractivity (Wildman–Crippen MR) is 120 cm³/mol. The van der Waals surface area contributed by atoms with Crippen molar-refractivity contribution in [1.29, 1.82) is 0 Å². The fraction of sp³-hybridized carbons (Fsp3) is 0.269. The molecule has 0 heterocycles. The first-order valence-electron chi connectivity index (χ1n) is 10.7. The zero-order valence-corrected chi connectivity index (χ0v) is 17.8. The van der Waals surface area contributed by atoms with Crippen LogP contribution in [0, 0.1) is 0 Å². The molecule has 3 nitrogen and oxygen atoms in total. The Hall–Kier alpha value is -3.12. The molecule has 0 aliphatic carbocycles. The lowest BCUT2D eigenvalue weighted by Crippen LogP contribution is -2.33. The van der Waals surface area contributed by atoms with Crippen LogP contribution in [0.5, 0.6) is 0 Å². The van der Waals surface area contributed by atoms with E-state index >= 15 is 0 Å². The smallest absolute Gasteiger partial charge is 0.334 e. The summed E-state index contributed by atoms with van der Waals surface area (Å²) in [7, 11) is 0. The maximum Gasteiger partial charge on any atom is 0.416 e. The molecule has 32 heavy (non-hydrogen) atoms. The highest BCUT2D eigenvalue weighted by Crippen LogP contribution is 2.30. The van der Waals surface area contributed by atoms with Crippen molar-refractivity contribution in [2.45, 2.75) is 32.0 Å². The minimum atomic E-state index is -4.42. The third-order valence-electron chi connectivity index (χ3n) is 5.32. The molecule has 3 rings (SSSR count). The summed E-state index contributed by atoms with van der Waals surface area (Å²) < 4.78 is 39.3. The van der Waals surface area contributed by atoms with Crippen LogP contribution in [0.25, 0.3) is 0 Å². The molecule has 0 atom stereocenters. The Morgan fingerprint density at radius 2 is 1.53 bits per heavy atom. The van der Waals surface area contributed by atoms with Gasteiger partial charge in [-0.15, -0.1) is 0 Å². The van der Waals surface area contributed by atoms with E-state index in [2.05, 4.69) is 0 Å². The zero-order chi connectivity index (χ0) is 23.0. The zero-order valence-electron chi connectivity index (χ0n) is 17.8. The molecular formula is C26H27F3N2O. The van der Waals surface area contributed by atoms with Gasteiger partial charge in [0.05, 0.1) is 5.56 Å². The van der Waals surface area contributed by atoms with E-state index in [1.165, 1.54) is 11.6 Å². The number of nitrogens with two attached hydrogens (primary N) is 1. The lowest BCUT2D eigenvalue weighted by molar-refractivity contribution is -0.137. The Morgan fingerprint density at radius 3 is 2.25 bits per heavy atom. The molecule has 0 fully saturated rings. The summed E-state index contributed by atoms with van der Waals surface area (Å²) in [5.74, 6) is -0.195. The van der Waals surface area contributed by atoms with Gasteiger partial charge in [0.1, 0.15) is 0 Å². The van der Waals surface area contributed by atoms with Crippen molar-refractivity contribution in [2.75, 3.05) is 13.1 Å². The second-order valence-corrected chi connectivity index (χ2v) is 7.71. The van der Waals surface area contributed by atoms with E-state index in [4.69, 9.17) is 5.73 Å². The van der Waals surface area contributed by atoms with E-state index in [9.17, 15) is 18.0 Å². The predicted octanol–water partition coefficient (Wildman–Crippen LogP) is 5.48. The number of carbonyl (C=O) groups excluding carboxylic acids is 1. The first-order valence-corrected chi connectivity index (χ1v) is 10.7. The van der Waals surface area contributed by atoms with Crippen molar-refractivity contribution in [2.24, 2.45) is 5.73 Å². The number of rotatable bonds is 9. The quantitative estimate of drug-likeness (QED) is 0.479. The molecule has 0 saturated carbocycles. The number of hydrogen-bond acceptors (Lipinski definition) is 2. The Bertz CT molecular complexity index is 1020. The monoisotopic (exact) mass is 440 g/mol. The highest BCUT2D eigenvalue weighted by atomic mass is 19.4. The van der Waals surface area contributed by atoms with Crippen LogP contribution >= 0.6 is 0 Å². The van der Waals surface area contributed by atoms with Crippen LogP contribution in [-0.4, -0.2) is 23.9 Å². The Morgan fingerprint density at radius 1 is 0.844 bits per heavy atom. The number of benzene rings is 3. The number of carbonyl (C=O) groups is 1. The highest BCUT2D eigenvalue weighted by Gasteiger charge is 2.30. The molecule has 0 radical (unpaired) electrons. The van der Waals surface area contributed by atoms with Crippen molar-refractivity contribution in [3.63, 3.8) is 0 Å². The van der Waals surface area contributed by atoms with Gasteiger partial charge >= 0.3 is 6.18 Å². The summed E-state index contributed by atoms with van der Waals surface area (Å²) in [6, 6.07) is 22.6. The Labute approximate surface area is 186 Å². The van der Waals surface area contributed by atoms with Gasteiger partial charge in [-0.25, -0.2) is 0 Å². The molecule has 0 unspecified atom stereocenters. The van der Waals surface area contributed by atoms with Gasteiger partial charge in [0, 0.05) is 18.7 Å². The summed E-state index contributed by atoms with van der Waals surface area (Å²) >= 11 is 0. The van der Waals surface area contributed by atoms with E-state index in [-0.39, 0.29) is 12.5 Å². The fourth-order valence-electron chi connectivity index (χ4n) is 3.64. The van der Waals surface area contributed by atoms with Gasteiger partial charge < -0.3 is 10.6 Å². The average Bonchev–Trinajstić information content (AvgIpc) is 2.80. The minimum Gasteiger partial charge on any atom is -0.334 e. The van der Waals surface area contributed by atoms with Crippen LogP contribution in [0.1, 0.15) is 39.0 Å². The average molecular weight is 441 g/mol. The lowest BCUT2D eigenvalue weighted by Gasteiger charge is -2.24. The molecule has 3 aromatic rings. The molecule has 0 bridgehead atoms. The van der Waals surface area contributed by atoms with E-state index in [0.717, 1.165) is 24.1 Å². The van der Waals surface area contributed by atoms with E-state index in [0.29, 0.717) is 37.1 Å². The maximum absolute atomic E-state index is 13.4. The molecule has 0 aliphatic heterocycles. The SMILES string of the molecule is NCCCN(Cc1cccc(C(F)(F)F)c1)C(=O)c1ccccc1CCc1ccccc1. The molecule has 6 heteroatoms. The summed E-state index contributed by atoms with van der Waals surface area (Å²) in [5, 5.41) is 0. The van der Waals surface area contributed by atoms with E-state index in [1.54, 1.807) is 17.0 Å².